The Bertz CT molecular complexity index is 434. The number of hydrogen-bond acceptors (Lipinski definition) is 3. The van der Waals surface area contributed by atoms with Crippen molar-refractivity contribution in [1.82, 2.24) is 9.88 Å². The van der Waals surface area contributed by atoms with Gasteiger partial charge in [0, 0.05) is 19.3 Å². The lowest BCUT2D eigenvalue weighted by Crippen LogP contribution is -2.43. The van der Waals surface area contributed by atoms with E-state index in [9.17, 15) is 9.59 Å². The van der Waals surface area contributed by atoms with E-state index >= 15 is 0 Å². The van der Waals surface area contributed by atoms with E-state index < -0.39 is 11.8 Å². The highest BCUT2D eigenvalue weighted by Crippen LogP contribution is 2.06. The third kappa shape index (κ3) is 5.38. The molecule has 2 amide bonds. The van der Waals surface area contributed by atoms with Crippen LogP contribution in [-0.4, -0.2) is 34.8 Å². The van der Waals surface area contributed by atoms with E-state index in [-0.39, 0.29) is 0 Å². The minimum Gasteiger partial charge on any atom is -0.334 e. The highest BCUT2D eigenvalue weighted by molar-refractivity contribution is 6.39. The van der Waals surface area contributed by atoms with Gasteiger partial charge in [-0.25, -0.2) is 4.98 Å². The summed E-state index contributed by atoms with van der Waals surface area (Å²) in [5, 5.41) is 2.53. The maximum atomic E-state index is 12.2. The maximum absolute atomic E-state index is 12.2. The third-order valence-electron chi connectivity index (χ3n) is 2.56. The average molecular weight is 277 g/mol. The number of amides is 2. The van der Waals surface area contributed by atoms with Gasteiger partial charge in [0.15, 0.2) is 0 Å². The molecule has 1 N–H and O–H groups in total. The van der Waals surface area contributed by atoms with Crippen LogP contribution >= 0.6 is 0 Å². The molecule has 0 aliphatic carbocycles. The lowest BCUT2D eigenvalue weighted by molar-refractivity contribution is -0.143. The van der Waals surface area contributed by atoms with Crippen LogP contribution in [-0.2, 0) is 9.59 Å². The number of rotatable bonds is 5. The second-order valence-electron chi connectivity index (χ2n) is 5.67. The molecule has 0 saturated carbocycles. The number of carbonyl (C=O) groups is 2. The van der Waals surface area contributed by atoms with Gasteiger partial charge in [-0.3, -0.25) is 9.59 Å². The van der Waals surface area contributed by atoms with Gasteiger partial charge < -0.3 is 10.2 Å². The van der Waals surface area contributed by atoms with Gasteiger partial charge in [0.05, 0.1) is 0 Å². The van der Waals surface area contributed by atoms with Gasteiger partial charge in [-0.15, -0.1) is 0 Å². The predicted octanol–water partition coefficient (Wildman–Crippen LogP) is 2.16. The molecule has 0 atom stereocenters. The van der Waals surface area contributed by atoms with E-state index in [1.54, 1.807) is 29.3 Å². The molecule has 0 spiro atoms. The molecule has 20 heavy (non-hydrogen) atoms. The molecule has 0 fully saturated rings. The Labute approximate surface area is 120 Å². The Kier molecular flexibility index (Phi) is 6.15. The monoisotopic (exact) mass is 277 g/mol. The van der Waals surface area contributed by atoms with E-state index in [1.165, 1.54) is 0 Å². The van der Waals surface area contributed by atoms with E-state index in [0.29, 0.717) is 30.7 Å². The fourth-order valence-corrected chi connectivity index (χ4v) is 1.87. The molecule has 0 unspecified atom stereocenters. The van der Waals surface area contributed by atoms with Crippen molar-refractivity contribution in [2.24, 2.45) is 11.8 Å². The topological polar surface area (TPSA) is 62.3 Å². The molecule has 0 radical (unpaired) electrons. The quantitative estimate of drug-likeness (QED) is 0.839. The molecular formula is C15H23N3O2. The zero-order valence-corrected chi connectivity index (χ0v) is 12.6. The normalized spacial score (nSPS) is 10.7. The number of nitrogens with one attached hydrogen (secondary N) is 1. The number of pyridine rings is 1. The second-order valence-corrected chi connectivity index (χ2v) is 5.67. The van der Waals surface area contributed by atoms with Crippen molar-refractivity contribution in [3.05, 3.63) is 24.4 Å². The number of nitrogens with zero attached hydrogens (tertiary/aromatic N) is 2. The molecule has 1 rings (SSSR count). The summed E-state index contributed by atoms with van der Waals surface area (Å²) < 4.78 is 0. The van der Waals surface area contributed by atoms with Crippen molar-refractivity contribution in [3.8, 4) is 0 Å². The molecule has 0 aliphatic rings. The van der Waals surface area contributed by atoms with Gasteiger partial charge in [0.25, 0.3) is 0 Å². The predicted molar refractivity (Wildman–Crippen MR) is 79.1 cm³/mol. The van der Waals surface area contributed by atoms with Crippen LogP contribution in [0, 0.1) is 11.8 Å². The molecule has 0 bridgehead atoms. The lowest BCUT2D eigenvalue weighted by Gasteiger charge is -2.25. The number of anilines is 1. The zero-order valence-electron chi connectivity index (χ0n) is 12.6. The zero-order chi connectivity index (χ0) is 15.1. The Morgan fingerprint density at radius 2 is 1.75 bits per heavy atom. The highest BCUT2D eigenvalue weighted by Gasteiger charge is 2.23. The molecule has 5 nitrogen and oxygen atoms in total. The standard InChI is InChI=1S/C15H23N3O2/c1-11(2)9-18(10-12(3)4)15(20)14(19)17-13-7-5-6-8-16-13/h5-8,11-12H,9-10H2,1-4H3,(H,16,17,19). The van der Waals surface area contributed by atoms with Crippen molar-refractivity contribution < 1.29 is 9.59 Å². The van der Waals surface area contributed by atoms with Crippen LogP contribution in [0.25, 0.3) is 0 Å². The highest BCUT2D eigenvalue weighted by atomic mass is 16.2. The Morgan fingerprint density at radius 1 is 1.15 bits per heavy atom. The molecule has 110 valence electrons. The van der Waals surface area contributed by atoms with Gasteiger partial charge in [-0.1, -0.05) is 33.8 Å². The molecular weight excluding hydrogens is 254 g/mol. The fraction of sp³-hybridized carbons (Fsp3) is 0.533. The minimum atomic E-state index is -0.634. The summed E-state index contributed by atoms with van der Waals surface area (Å²) in [5.41, 5.74) is 0. The van der Waals surface area contributed by atoms with Gasteiger partial charge in [-0.2, -0.15) is 0 Å². The van der Waals surface area contributed by atoms with Crippen molar-refractivity contribution in [1.29, 1.82) is 0 Å². The van der Waals surface area contributed by atoms with Crippen LogP contribution in [0.5, 0.6) is 0 Å². The van der Waals surface area contributed by atoms with Crippen LogP contribution in [0.3, 0.4) is 0 Å². The summed E-state index contributed by atoms with van der Waals surface area (Å²) >= 11 is 0. The van der Waals surface area contributed by atoms with Crippen molar-refractivity contribution in [3.63, 3.8) is 0 Å². The average Bonchev–Trinajstić information content (AvgIpc) is 2.37. The van der Waals surface area contributed by atoms with Crippen LogP contribution in [0.15, 0.2) is 24.4 Å². The number of aromatic nitrogens is 1. The Balaban J connectivity index is 2.70. The Morgan fingerprint density at radius 3 is 2.20 bits per heavy atom. The molecule has 1 heterocycles. The first-order valence-corrected chi connectivity index (χ1v) is 6.91. The maximum Gasteiger partial charge on any atom is 0.315 e. The molecule has 0 saturated heterocycles. The van der Waals surface area contributed by atoms with Crippen LogP contribution in [0.2, 0.25) is 0 Å². The largest absolute Gasteiger partial charge is 0.334 e. The first-order valence-electron chi connectivity index (χ1n) is 6.91. The van der Waals surface area contributed by atoms with Gasteiger partial charge >= 0.3 is 11.8 Å². The summed E-state index contributed by atoms with van der Waals surface area (Å²) in [6.07, 6.45) is 1.57. The third-order valence-corrected chi connectivity index (χ3v) is 2.56. The first kappa shape index (κ1) is 16.1. The summed E-state index contributed by atoms with van der Waals surface area (Å²) in [6, 6.07) is 5.16. The van der Waals surface area contributed by atoms with Crippen LogP contribution < -0.4 is 5.32 Å². The van der Waals surface area contributed by atoms with E-state index in [0.717, 1.165) is 0 Å². The van der Waals surface area contributed by atoms with Crippen LogP contribution in [0.4, 0.5) is 5.82 Å². The molecule has 0 aliphatic heterocycles. The van der Waals surface area contributed by atoms with Crippen molar-refractivity contribution in [2.75, 3.05) is 18.4 Å². The summed E-state index contributed by atoms with van der Waals surface area (Å²) in [4.78, 5) is 29.8. The lowest BCUT2D eigenvalue weighted by atomic mass is 10.1. The van der Waals surface area contributed by atoms with E-state index in [2.05, 4.69) is 10.3 Å². The SMILES string of the molecule is CC(C)CN(CC(C)C)C(=O)C(=O)Nc1ccccn1. The van der Waals surface area contributed by atoms with E-state index in [1.807, 2.05) is 27.7 Å². The first-order chi connectivity index (χ1) is 9.40. The summed E-state index contributed by atoms with van der Waals surface area (Å²) in [6.45, 7) is 9.25. The molecule has 0 aromatic carbocycles. The number of carbonyl (C=O) groups excluding carboxylic acids is 2. The molecule has 5 heteroatoms. The summed E-state index contributed by atoms with van der Waals surface area (Å²) in [7, 11) is 0. The van der Waals surface area contributed by atoms with Crippen molar-refractivity contribution >= 4 is 17.6 Å². The summed E-state index contributed by atoms with van der Waals surface area (Å²) in [5.74, 6) is -0.108. The van der Waals surface area contributed by atoms with Gasteiger partial charge in [0.1, 0.15) is 5.82 Å². The molecule has 1 aromatic heterocycles. The second kappa shape index (κ2) is 7.62. The smallest absolute Gasteiger partial charge is 0.315 e. The van der Waals surface area contributed by atoms with Gasteiger partial charge in [0.2, 0.25) is 0 Å². The number of hydrogen-bond donors (Lipinski definition) is 1. The van der Waals surface area contributed by atoms with E-state index in [4.69, 9.17) is 0 Å². The fourth-order valence-electron chi connectivity index (χ4n) is 1.87. The van der Waals surface area contributed by atoms with Crippen LogP contribution in [0.1, 0.15) is 27.7 Å². The Hall–Kier alpha value is -1.91. The van der Waals surface area contributed by atoms with Crippen molar-refractivity contribution in [2.45, 2.75) is 27.7 Å². The van der Waals surface area contributed by atoms with Gasteiger partial charge in [-0.05, 0) is 24.0 Å². The molecule has 1 aromatic rings. The minimum absolute atomic E-state index is 0.320.